The molecule has 0 aliphatic carbocycles. The summed E-state index contributed by atoms with van der Waals surface area (Å²) >= 11 is 1.77. The molecule has 0 atom stereocenters. The summed E-state index contributed by atoms with van der Waals surface area (Å²) in [5.74, 6) is 0.829. The fourth-order valence-corrected chi connectivity index (χ4v) is 3.20. The molecule has 2 N–H and O–H groups in total. The van der Waals surface area contributed by atoms with Crippen molar-refractivity contribution < 1.29 is 4.74 Å². The smallest absolute Gasteiger partial charge is 0.191 e. The van der Waals surface area contributed by atoms with Crippen LogP contribution in [0.15, 0.2) is 35.3 Å². The van der Waals surface area contributed by atoms with Gasteiger partial charge in [0.1, 0.15) is 0 Å². The second-order valence-corrected chi connectivity index (χ2v) is 7.01. The number of hydrogen-bond donors (Lipinski definition) is 2. The molecule has 0 aliphatic heterocycles. The topological polar surface area (TPSA) is 58.5 Å². The molecule has 0 aliphatic rings. The van der Waals surface area contributed by atoms with Gasteiger partial charge in [-0.05, 0) is 26.3 Å². The minimum atomic E-state index is 0. The van der Waals surface area contributed by atoms with E-state index in [1.165, 1.54) is 15.4 Å². The third-order valence-corrected chi connectivity index (χ3v) is 4.80. The van der Waals surface area contributed by atoms with Crippen LogP contribution in [0.2, 0.25) is 0 Å². The number of aromatic nitrogens is 1. The average Bonchev–Trinajstić information content (AvgIpc) is 2.93. The molecule has 1 heterocycles. The van der Waals surface area contributed by atoms with E-state index in [0.29, 0.717) is 19.8 Å². The van der Waals surface area contributed by atoms with Gasteiger partial charge in [-0.2, -0.15) is 0 Å². The summed E-state index contributed by atoms with van der Waals surface area (Å²) in [6, 6.07) is 10.2. The molecular formula is C19H29IN4OS. The standard InChI is InChI=1S/C19H28N4OS.HI/c1-4-20-19(21-11-10-18-23-15(2)16(3)25-18)22-12-13-24-14-17-8-6-5-7-9-17;/h5-9H,4,10-14H2,1-3H3,(H2,20,21,22);1H. The molecule has 5 nitrogen and oxygen atoms in total. The quantitative estimate of drug-likeness (QED) is 0.245. The molecule has 144 valence electrons. The summed E-state index contributed by atoms with van der Waals surface area (Å²) in [6.45, 7) is 9.78. The SMILES string of the molecule is CCNC(=NCCOCc1ccccc1)NCCc1nc(C)c(C)s1.I. The third kappa shape index (κ3) is 8.46. The van der Waals surface area contributed by atoms with Crippen molar-refractivity contribution >= 4 is 41.3 Å². The van der Waals surface area contributed by atoms with Gasteiger partial charge < -0.3 is 15.4 Å². The summed E-state index contributed by atoms with van der Waals surface area (Å²) in [5.41, 5.74) is 2.32. The first-order chi connectivity index (χ1) is 12.2. The van der Waals surface area contributed by atoms with Gasteiger partial charge in [0, 0.05) is 24.4 Å². The summed E-state index contributed by atoms with van der Waals surface area (Å²) in [7, 11) is 0. The van der Waals surface area contributed by atoms with Crippen LogP contribution < -0.4 is 10.6 Å². The van der Waals surface area contributed by atoms with E-state index in [1.54, 1.807) is 11.3 Å². The predicted octanol–water partition coefficient (Wildman–Crippen LogP) is 3.69. The van der Waals surface area contributed by atoms with E-state index in [9.17, 15) is 0 Å². The van der Waals surface area contributed by atoms with Crippen LogP contribution in [0.25, 0.3) is 0 Å². The zero-order valence-corrected chi connectivity index (χ0v) is 18.9. The molecular weight excluding hydrogens is 459 g/mol. The summed E-state index contributed by atoms with van der Waals surface area (Å²) in [6.07, 6.45) is 0.911. The Kier molecular flexibility index (Phi) is 11.5. The van der Waals surface area contributed by atoms with Crippen LogP contribution in [0.3, 0.4) is 0 Å². The summed E-state index contributed by atoms with van der Waals surface area (Å²) < 4.78 is 5.67. The zero-order chi connectivity index (χ0) is 17.9. The molecule has 1 aromatic carbocycles. The Hall–Kier alpha value is -1.19. The van der Waals surface area contributed by atoms with Crippen molar-refractivity contribution in [3.8, 4) is 0 Å². The van der Waals surface area contributed by atoms with Gasteiger partial charge in [0.2, 0.25) is 0 Å². The summed E-state index contributed by atoms with van der Waals surface area (Å²) in [4.78, 5) is 10.4. The van der Waals surface area contributed by atoms with E-state index in [1.807, 2.05) is 18.2 Å². The zero-order valence-electron chi connectivity index (χ0n) is 15.7. The van der Waals surface area contributed by atoms with Gasteiger partial charge >= 0.3 is 0 Å². The second-order valence-electron chi connectivity index (χ2n) is 5.72. The van der Waals surface area contributed by atoms with Crippen molar-refractivity contribution in [1.29, 1.82) is 0 Å². The fraction of sp³-hybridized carbons (Fsp3) is 0.474. The van der Waals surface area contributed by atoms with Crippen LogP contribution in [0.4, 0.5) is 0 Å². The van der Waals surface area contributed by atoms with Gasteiger partial charge in [0.15, 0.2) is 5.96 Å². The Morgan fingerprint density at radius 1 is 1.19 bits per heavy atom. The number of guanidine groups is 1. The first-order valence-corrected chi connectivity index (χ1v) is 9.57. The van der Waals surface area contributed by atoms with Gasteiger partial charge in [-0.1, -0.05) is 30.3 Å². The highest BCUT2D eigenvalue weighted by molar-refractivity contribution is 14.0. The molecule has 2 rings (SSSR count). The number of benzene rings is 1. The lowest BCUT2D eigenvalue weighted by molar-refractivity contribution is 0.128. The summed E-state index contributed by atoms with van der Waals surface area (Å²) in [5, 5.41) is 7.79. The number of ether oxygens (including phenoxy) is 1. The highest BCUT2D eigenvalue weighted by Gasteiger charge is 2.04. The molecule has 0 saturated carbocycles. The van der Waals surface area contributed by atoms with Gasteiger partial charge in [-0.25, -0.2) is 4.98 Å². The van der Waals surface area contributed by atoms with Crippen molar-refractivity contribution in [1.82, 2.24) is 15.6 Å². The Bertz CT molecular complexity index is 641. The molecule has 0 unspecified atom stereocenters. The minimum absolute atomic E-state index is 0. The maximum absolute atomic E-state index is 5.67. The molecule has 0 saturated heterocycles. The van der Waals surface area contributed by atoms with Gasteiger partial charge in [0.05, 0.1) is 30.5 Å². The monoisotopic (exact) mass is 488 g/mol. The van der Waals surface area contributed by atoms with Crippen LogP contribution in [-0.4, -0.2) is 37.2 Å². The van der Waals surface area contributed by atoms with Crippen LogP contribution >= 0.6 is 35.3 Å². The number of thiazole rings is 1. The molecule has 0 bridgehead atoms. The molecule has 0 spiro atoms. The molecule has 7 heteroatoms. The lowest BCUT2D eigenvalue weighted by Crippen LogP contribution is -2.38. The molecule has 1 aromatic heterocycles. The van der Waals surface area contributed by atoms with Crippen LogP contribution in [0.1, 0.15) is 28.1 Å². The second kappa shape index (κ2) is 13.1. The largest absolute Gasteiger partial charge is 0.375 e. The Morgan fingerprint density at radius 2 is 1.96 bits per heavy atom. The van der Waals surface area contributed by atoms with Crippen molar-refractivity contribution in [2.24, 2.45) is 4.99 Å². The predicted molar refractivity (Wildman–Crippen MR) is 121 cm³/mol. The van der Waals surface area contributed by atoms with E-state index in [4.69, 9.17) is 4.74 Å². The van der Waals surface area contributed by atoms with E-state index < -0.39 is 0 Å². The average molecular weight is 488 g/mol. The van der Waals surface area contributed by atoms with E-state index >= 15 is 0 Å². The van der Waals surface area contributed by atoms with E-state index in [-0.39, 0.29) is 24.0 Å². The van der Waals surface area contributed by atoms with E-state index in [2.05, 4.69) is 53.5 Å². The van der Waals surface area contributed by atoms with Crippen LogP contribution in [-0.2, 0) is 17.8 Å². The molecule has 0 radical (unpaired) electrons. The number of aliphatic imine (C=N–C) groups is 1. The first kappa shape index (κ1) is 22.9. The highest BCUT2D eigenvalue weighted by atomic mass is 127. The highest BCUT2D eigenvalue weighted by Crippen LogP contribution is 2.16. The number of nitrogens with zero attached hydrogens (tertiary/aromatic N) is 2. The van der Waals surface area contributed by atoms with Crippen molar-refractivity contribution in [3.05, 3.63) is 51.5 Å². The van der Waals surface area contributed by atoms with Gasteiger partial charge in [-0.15, -0.1) is 35.3 Å². The van der Waals surface area contributed by atoms with Gasteiger partial charge in [-0.3, -0.25) is 4.99 Å². The Morgan fingerprint density at radius 3 is 2.62 bits per heavy atom. The number of hydrogen-bond acceptors (Lipinski definition) is 4. The maximum Gasteiger partial charge on any atom is 0.191 e. The van der Waals surface area contributed by atoms with Crippen LogP contribution in [0, 0.1) is 13.8 Å². The third-order valence-electron chi connectivity index (χ3n) is 3.67. The lowest BCUT2D eigenvalue weighted by atomic mass is 10.2. The lowest BCUT2D eigenvalue weighted by Gasteiger charge is -2.10. The Labute approximate surface area is 177 Å². The minimum Gasteiger partial charge on any atom is -0.375 e. The van der Waals surface area contributed by atoms with E-state index in [0.717, 1.165) is 31.2 Å². The van der Waals surface area contributed by atoms with Crippen molar-refractivity contribution in [3.63, 3.8) is 0 Å². The number of nitrogens with one attached hydrogen (secondary N) is 2. The van der Waals surface area contributed by atoms with Crippen LogP contribution in [0.5, 0.6) is 0 Å². The molecule has 2 aromatic rings. The number of rotatable bonds is 9. The normalized spacial score (nSPS) is 11.1. The number of aryl methyl sites for hydroxylation is 2. The van der Waals surface area contributed by atoms with Crippen molar-refractivity contribution in [2.75, 3.05) is 26.2 Å². The maximum atomic E-state index is 5.67. The molecule has 0 amide bonds. The number of halogens is 1. The van der Waals surface area contributed by atoms with Crippen molar-refractivity contribution in [2.45, 2.75) is 33.8 Å². The van der Waals surface area contributed by atoms with Gasteiger partial charge in [0.25, 0.3) is 0 Å². The first-order valence-electron chi connectivity index (χ1n) is 8.75. The molecule has 26 heavy (non-hydrogen) atoms. The Balaban J connectivity index is 0.00000338. The molecule has 0 fully saturated rings. The fourth-order valence-electron chi connectivity index (χ4n) is 2.26.